The Morgan fingerprint density at radius 1 is 1.05 bits per heavy atom. The highest BCUT2D eigenvalue weighted by molar-refractivity contribution is 5.94. The zero-order chi connectivity index (χ0) is 30.2. The van der Waals surface area contributed by atoms with E-state index in [0.29, 0.717) is 60.0 Å². The zero-order valence-electron chi connectivity index (χ0n) is 23.1. The molecule has 1 saturated heterocycles. The number of amides is 1. The van der Waals surface area contributed by atoms with E-state index in [1.54, 1.807) is 12.1 Å². The fraction of sp³-hybridized carbons (Fsp3) is 0.310. The number of anilines is 2. The first-order valence-electron chi connectivity index (χ1n) is 13.2. The molecular weight excluding hydrogens is 600 g/mol. The summed E-state index contributed by atoms with van der Waals surface area (Å²) in [5, 5.41) is 2.78. The van der Waals surface area contributed by atoms with Crippen molar-refractivity contribution < 1.29 is 35.9 Å². The van der Waals surface area contributed by atoms with Crippen LogP contribution in [0.5, 0.6) is 5.75 Å². The number of alkyl halides is 3. The number of nitrogens with zero attached hydrogens (tertiary/aromatic N) is 4. The fourth-order valence-electron chi connectivity index (χ4n) is 5.17. The van der Waals surface area contributed by atoms with E-state index in [4.69, 9.17) is 0 Å². The maximum Gasteiger partial charge on any atom is 0.573 e. The summed E-state index contributed by atoms with van der Waals surface area (Å²) in [5.74, 6) is -3.41. The smallest absolute Gasteiger partial charge is 0.403 e. The molecule has 4 aromatic rings. The Kier molecular flexibility index (Phi) is 9.33. The van der Waals surface area contributed by atoms with E-state index < -0.39 is 35.5 Å². The lowest BCUT2D eigenvalue weighted by molar-refractivity contribution is -0.275. The Labute approximate surface area is 249 Å². The number of ether oxygens (including phenoxy) is 1. The topological polar surface area (TPSA) is 62.1 Å². The fourth-order valence-corrected chi connectivity index (χ4v) is 5.17. The van der Waals surface area contributed by atoms with Gasteiger partial charge in [0.25, 0.3) is 5.91 Å². The van der Waals surface area contributed by atoms with Crippen molar-refractivity contribution in [3.05, 3.63) is 89.1 Å². The van der Waals surface area contributed by atoms with Crippen LogP contribution in [0, 0.1) is 17.5 Å². The lowest BCUT2D eigenvalue weighted by atomic mass is 10.1. The predicted octanol–water partition coefficient (Wildman–Crippen LogP) is 6.28. The zero-order valence-corrected chi connectivity index (χ0v) is 23.9. The highest BCUT2D eigenvalue weighted by atomic mass is 35.5. The van der Waals surface area contributed by atoms with Gasteiger partial charge in [-0.05, 0) is 49.2 Å². The molecule has 0 unspecified atom stereocenters. The largest absolute Gasteiger partial charge is 0.573 e. The number of aromatic nitrogens is 2. The van der Waals surface area contributed by atoms with Crippen LogP contribution in [0.4, 0.5) is 37.7 Å². The Morgan fingerprint density at radius 3 is 2.47 bits per heavy atom. The van der Waals surface area contributed by atoms with E-state index in [0.717, 1.165) is 12.1 Å². The molecule has 1 fully saturated rings. The van der Waals surface area contributed by atoms with Crippen LogP contribution in [0.3, 0.4) is 0 Å². The van der Waals surface area contributed by atoms with E-state index in [-0.39, 0.29) is 25.0 Å². The highest BCUT2D eigenvalue weighted by Gasteiger charge is 2.33. The molecule has 0 saturated carbocycles. The summed E-state index contributed by atoms with van der Waals surface area (Å²) in [5.41, 5.74) is 2.40. The minimum Gasteiger partial charge on any atom is -0.403 e. The second-order valence-electron chi connectivity index (χ2n) is 9.95. The van der Waals surface area contributed by atoms with Crippen molar-refractivity contribution >= 4 is 35.3 Å². The Morgan fingerprint density at radius 2 is 1.81 bits per heavy atom. The van der Waals surface area contributed by atoms with Gasteiger partial charge in [-0.1, -0.05) is 13.0 Å². The Balaban J connectivity index is 0.00000423. The standard InChI is InChI=1S/C29H27F6N5O2.ClH/c1-3-23-27(40-9-8-19(30)13-26(40)37-23)28(41)36-15-18-4-6-24(21(31)12-18)38-10-11-39(17(2)16-38)20-5-7-25(22(32)14-20)42-29(33,34)35;/h4-9,12-14,17H,3,10-11,15-16H2,1-2H3,(H,36,41);1H/t17-;/m0./s1. The minimum absolute atomic E-state index is 0. The first-order chi connectivity index (χ1) is 19.9. The molecule has 2 aromatic heterocycles. The molecule has 0 aliphatic carbocycles. The van der Waals surface area contributed by atoms with Crippen molar-refractivity contribution in [2.24, 2.45) is 0 Å². The van der Waals surface area contributed by atoms with Crippen molar-refractivity contribution in [2.75, 3.05) is 29.4 Å². The molecule has 1 aliphatic heterocycles. The van der Waals surface area contributed by atoms with Crippen LogP contribution in [0.2, 0.25) is 0 Å². The third kappa shape index (κ3) is 6.93. The number of fused-ring (bicyclic) bond motifs is 1. The molecule has 0 spiro atoms. The van der Waals surface area contributed by atoms with E-state index >= 15 is 4.39 Å². The summed E-state index contributed by atoms with van der Waals surface area (Å²) >= 11 is 0. The lowest BCUT2D eigenvalue weighted by Gasteiger charge is -2.42. The van der Waals surface area contributed by atoms with Crippen molar-refractivity contribution in [1.29, 1.82) is 0 Å². The number of nitrogens with one attached hydrogen (secondary N) is 1. The van der Waals surface area contributed by atoms with Gasteiger partial charge < -0.3 is 19.9 Å². The number of aryl methyl sites for hydroxylation is 1. The monoisotopic (exact) mass is 627 g/mol. The molecule has 230 valence electrons. The van der Waals surface area contributed by atoms with Gasteiger partial charge in [0.05, 0.1) is 11.4 Å². The molecule has 0 bridgehead atoms. The van der Waals surface area contributed by atoms with Crippen LogP contribution in [-0.2, 0) is 13.0 Å². The molecule has 2 aromatic carbocycles. The quantitative estimate of drug-likeness (QED) is 0.245. The summed E-state index contributed by atoms with van der Waals surface area (Å²) < 4.78 is 85.7. The summed E-state index contributed by atoms with van der Waals surface area (Å²) in [7, 11) is 0. The number of halogens is 7. The summed E-state index contributed by atoms with van der Waals surface area (Å²) in [6.07, 6.45) is -3.09. The summed E-state index contributed by atoms with van der Waals surface area (Å²) in [6.45, 7) is 4.88. The van der Waals surface area contributed by atoms with Crippen molar-refractivity contribution in [3.8, 4) is 5.75 Å². The minimum atomic E-state index is -5.00. The normalized spacial score (nSPS) is 15.4. The first kappa shape index (κ1) is 31.8. The average Bonchev–Trinajstić information content (AvgIpc) is 3.30. The molecule has 14 heteroatoms. The Hall–Kier alpha value is -4.13. The third-order valence-corrected chi connectivity index (χ3v) is 7.12. The summed E-state index contributed by atoms with van der Waals surface area (Å²) in [4.78, 5) is 21.0. The van der Waals surface area contributed by atoms with E-state index in [2.05, 4.69) is 15.0 Å². The second-order valence-corrected chi connectivity index (χ2v) is 9.95. The SMILES string of the molecule is CCc1nc2cc(F)ccn2c1C(=O)NCc1ccc(N2CCN(c3ccc(OC(F)(F)F)c(F)c3)[C@@H](C)C2)c(F)c1.Cl. The average molecular weight is 628 g/mol. The van der Waals surface area contributed by atoms with Crippen LogP contribution in [0.1, 0.15) is 35.6 Å². The third-order valence-electron chi connectivity index (χ3n) is 7.12. The van der Waals surface area contributed by atoms with Gasteiger partial charge in [-0.2, -0.15) is 0 Å². The van der Waals surface area contributed by atoms with E-state index in [1.807, 2.05) is 23.6 Å². The molecular formula is C29H28ClF6N5O2. The lowest BCUT2D eigenvalue weighted by Crippen LogP contribution is -2.52. The maximum atomic E-state index is 15.2. The van der Waals surface area contributed by atoms with Crippen LogP contribution >= 0.6 is 12.4 Å². The van der Waals surface area contributed by atoms with Crippen LogP contribution in [-0.4, -0.2) is 47.3 Å². The number of imidazole rings is 1. The number of carbonyl (C=O) groups excluding carboxylic acids is 1. The van der Waals surface area contributed by atoms with Gasteiger partial charge in [0.15, 0.2) is 11.6 Å². The number of rotatable bonds is 7. The predicted molar refractivity (Wildman–Crippen MR) is 151 cm³/mol. The molecule has 43 heavy (non-hydrogen) atoms. The van der Waals surface area contributed by atoms with Crippen molar-refractivity contribution in [1.82, 2.24) is 14.7 Å². The molecule has 1 amide bonds. The number of pyridine rings is 1. The molecule has 1 aliphatic rings. The van der Waals surface area contributed by atoms with Crippen LogP contribution in [0.25, 0.3) is 5.65 Å². The van der Waals surface area contributed by atoms with Gasteiger partial charge in [-0.25, -0.2) is 18.2 Å². The second kappa shape index (κ2) is 12.6. The van der Waals surface area contributed by atoms with Gasteiger partial charge in [0.2, 0.25) is 0 Å². The van der Waals surface area contributed by atoms with Crippen molar-refractivity contribution in [2.45, 2.75) is 39.2 Å². The Bertz CT molecular complexity index is 1630. The van der Waals surface area contributed by atoms with Gasteiger partial charge >= 0.3 is 6.36 Å². The first-order valence-corrected chi connectivity index (χ1v) is 13.2. The van der Waals surface area contributed by atoms with E-state index in [9.17, 15) is 26.7 Å². The number of hydrogen-bond donors (Lipinski definition) is 1. The number of benzene rings is 2. The van der Waals surface area contributed by atoms with Crippen molar-refractivity contribution in [3.63, 3.8) is 0 Å². The number of carbonyl (C=O) groups is 1. The molecule has 0 radical (unpaired) electrons. The van der Waals surface area contributed by atoms with Gasteiger partial charge in [-0.3, -0.25) is 9.20 Å². The molecule has 5 rings (SSSR count). The van der Waals surface area contributed by atoms with Gasteiger partial charge in [0.1, 0.15) is 23.0 Å². The van der Waals surface area contributed by atoms with E-state index in [1.165, 1.54) is 34.9 Å². The van der Waals surface area contributed by atoms with Gasteiger partial charge in [0, 0.05) is 56.2 Å². The van der Waals surface area contributed by atoms with Crippen LogP contribution < -0.4 is 19.9 Å². The molecule has 1 atom stereocenters. The molecule has 7 nitrogen and oxygen atoms in total. The number of hydrogen-bond acceptors (Lipinski definition) is 5. The van der Waals surface area contributed by atoms with Gasteiger partial charge in [-0.15, -0.1) is 25.6 Å². The maximum absolute atomic E-state index is 15.2. The molecule has 1 N–H and O–H groups in total. The number of piperazine rings is 1. The van der Waals surface area contributed by atoms with Crippen LogP contribution in [0.15, 0.2) is 54.7 Å². The summed E-state index contributed by atoms with van der Waals surface area (Å²) in [6, 6.07) is 10.2. The molecule has 3 heterocycles. The highest BCUT2D eigenvalue weighted by Crippen LogP contribution is 2.31.